The van der Waals surface area contributed by atoms with Gasteiger partial charge in [0, 0.05) is 17.6 Å². The van der Waals surface area contributed by atoms with Gasteiger partial charge >= 0.3 is 0 Å². The van der Waals surface area contributed by atoms with Crippen LogP contribution in [0.4, 0.5) is 0 Å². The fourth-order valence-corrected chi connectivity index (χ4v) is 3.94. The van der Waals surface area contributed by atoms with Crippen molar-refractivity contribution in [3.63, 3.8) is 0 Å². The Hall–Kier alpha value is -2.44. The van der Waals surface area contributed by atoms with Gasteiger partial charge in [0.05, 0.1) is 5.75 Å². The van der Waals surface area contributed by atoms with Gasteiger partial charge in [-0.2, -0.15) is 0 Å². The average Bonchev–Trinajstić information content (AvgIpc) is 2.65. The van der Waals surface area contributed by atoms with Crippen LogP contribution in [0, 0.1) is 0 Å². The van der Waals surface area contributed by atoms with Crippen molar-refractivity contribution < 1.29 is 8.42 Å². The zero-order valence-electron chi connectivity index (χ0n) is 15.5. The van der Waals surface area contributed by atoms with Gasteiger partial charge in [0.1, 0.15) is 0 Å². The summed E-state index contributed by atoms with van der Waals surface area (Å²) in [7, 11) is -3.47. The molecule has 0 saturated heterocycles. The maximum Gasteiger partial charge on any atom is 0.252 e. The number of rotatable bonds is 7. The van der Waals surface area contributed by atoms with Gasteiger partial charge in [-0.25, -0.2) is 13.1 Å². The monoisotopic (exact) mass is 384 g/mol. The molecule has 0 spiro atoms. The second-order valence-electron chi connectivity index (χ2n) is 7.00. The van der Waals surface area contributed by atoms with Crippen LogP contribution in [0.1, 0.15) is 36.5 Å². The lowest BCUT2D eigenvalue weighted by molar-refractivity contribution is 0.580. The number of sulfonamides is 1. The molecule has 0 unspecified atom stereocenters. The lowest BCUT2D eigenvalue weighted by Crippen LogP contribution is -2.29. The zero-order chi connectivity index (χ0) is 19.4. The smallest absolute Gasteiger partial charge is 0.252 e. The van der Waals surface area contributed by atoms with E-state index in [1.54, 1.807) is 6.07 Å². The van der Waals surface area contributed by atoms with Crippen LogP contribution in [0.3, 0.4) is 0 Å². The Morgan fingerprint density at radius 3 is 2.48 bits per heavy atom. The number of aryl methyl sites for hydroxylation is 1. The van der Waals surface area contributed by atoms with E-state index in [-0.39, 0.29) is 17.9 Å². The molecular weight excluding hydrogens is 360 g/mol. The van der Waals surface area contributed by atoms with Gasteiger partial charge in [-0.1, -0.05) is 50.2 Å². The number of aromatic nitrogens is 1. The van der Waals surface area contributed by atoms with E-state index < -0.39 is 10.0 Å². The summed E-state index contributed by atoms with van der Waals surface area (Å²) in [4.78, 5) is 15.1. The van der Waals surface area contributed by atoms with Crippen molar-refractivity contribution >= 4 is 20.9 Å². The first kappa shape index (κ1) is 19.3. The number of hydrogen-bond acceptors (Lipinski definition) is 3. The SMILES string of the molecule is CC(C)c1ccc2[nH]c(=O)c(CNS(=O)(=O)CCc3ccccc3)cc2c1. The summed E-state index contributed by atoms with van der Waals surface area (Å²) >= 11 is 0. The lowest BCUT2D eigenvalue weighted by atomic mass is 10.0. The molecule has 0 atom stereocenters. The van der Waals surface area contributed by atoms with Crippen molar-refractivity contribution in [1.29, 1.82) is 0 Å². The van der Waals surface area contributed by atoms with Crippen molar-refractivity contribution in [3.05, 3.63) is 81.6 Å². The van der Waals surface area contributed by atoms with Gasteiger partial charge in [0.2, 0.25) is 10.0 Å². The molecule has 0 saturated carbocycles. The molecule has 2 aromatic carbocycles. The van der Waals surface area contributed by atoms with Crippen molar-refractivity contribution in [2.45, 2.75) is 32.7 Å². The van der Waals surface area contributed by atoms with Gasteiger partial charge in [-0.05, 0) is 47.1 Å². The van der Waals surface area contributed by atoms with Crippen molar-refractivity contribution in [3.8, 4) is 0 Å². The maximum absolute atomic E-state index is 12.3. The second-order valence-corrected chi connectivity index (χ2v) is 8.93. The Morgan fingerprint density at radius 1 is 1.04 bits per heavy atom. The third-order valence-electron chi connectivity index (χ3n) is 4.60. The fourth-order valence-electron chi connectivity index (χ4n) is 2.92. The molecule has 0 amide bonds. The number of aromatic amines is 1. The summed E-state index contributed by atoms with van der Waals surface area (Å²) in [5.74, 6) is 0.362. The van der Waals surface area contributed by atoms with Crippen LogP contribution >= 0.6 is 0 Å². The molecule has 142 valence electrons. The minimum atomic E-state index is -3.47. The first-order valence-electron chi connectivity index (χ1n) is 9.01. The maximum atomic E-state index is 12.3. The predicted octanol–water partition coefficient (Wildman–Crippen LogP) is 3.31. The lowest BCUT2D eigenvalue weighted by Gasteiger charge is -2.09. The van der Waals surface area contributed by atoms with Crippen molar-refractivity contribution in [2.24, 2.45) is 0 Å². The summed E-state index contributed by atoms with van der Waals surface area (Å²) in [5.41, 5.74) is 3.02. The molecule has 0 aliphatic heterocycles. The molecule has 5 nitrogen and oxygen atoms in total. The Kier molecular flexibility index (Phi) is 5.77. The van der Waals surface area contributed by atoms with E-state index in [2.05, 4.69) is 23.6 Å². The second kappa shape index (κ2) is 8.06. The molecule has 0 fully saturated rings. The van der Waals surface area contributed by atoms with Crippen molar-refractivity contribution in [2.75, 3.05) is 5.75 Å². The molecule has 0 aliphatic carbocycles. The number of hydrogen-bond donors (Lipinski definition) is 2. The first-order chi connectivity index (χ1) is 12.8. The fraction of sp³-hybridized carbons (Fsp3) is 0.286. The third-order valence-corrected chi connectivity index (χ3v) is 5.92. The van der Waals surface area contributed by atoms with E-state index in [1.807, 2.05) is 48.5 Å². The Morgan fingerprint density at radius 2 is 1.78 bits per heavy atom. The molecule has 0 bridgehead atoms. The predicted molar refractivity (Wildman–Crippen MR) is 109 cm³/mol. The summed E-state index contributed by atoms with van der Waals surface area (Å²) in [6.07, 6.45) is 0.433. The highest BCUT2D eigenvalue weighted by Gasteiger charge is 2.12. The normalized spacial score (nSPS) is 12.0. The van der Waals surface area contributed by atoms with Gasteiger partial charge in [-0.15, -0.1) is 0 Å². The van der Waals surface area contributed by atoms with Gasteiger partial charge in [0.25, 0.3) is 5.56 Å². The summed E-state index contributed by atoms with van der Waals surface area (Å²) in [6.45, 7) is 4.19. The van der Waals surface area contributed by atoms with E-state index in [9.17, 15) is 13.2 Å². The van der Waals surface area contributed by atoms with E-state index in [0.717, 1.165) is 16.5 Å². The standard InChI is InChI=1S/C21H24N2O3S/c1-15(2)17-8-9-20-18(12-17)13-19(21(24)23-20)14-22-27(25,26)11-10-16-6-4-3-5-7-16/h3-9,12-13,15,22H,10-11,14H2,1-2H3,(H,23,24). The molecule has 27 heavy (non-hydrogen) atoms. The topological polar surface area (TPSA) is 79.0 Å². The van der Waals surface area contributed by atoms with Gasteiger partial charge < -0.3 is 4.98 Å². The zero-order valence-corrected chi connectivity index (χ0v) is 16.3. The Labute approximate surface area is 159 Å². The molecule has 0 radical (unpaired) electrons. The number of nitrogens with one attached hydrogen (secondary N) is 2. The van der Waals surface area contributed by atoms with E-state index in [0.29, 0.717) is 17.9 Å². The minimum absolute atomic E-state index is 0.0139. The van der Waals surface area contributed by atoms with Crippen LogP contribution in [0.25, 0.3) is 10.9 Å². The van der Waals surface area contributed by atoms with Crippen LogP contribution < -0.4 is 10.3 Å². The molecular formula is C21H24N2O3S. The highest BCUT2D eigenvalue weighted by Crippen LogP contribution is 2.20. The third kappa shape index (κ3) is 5.05. The Bertz CT molecular complexity index is 1090. The molecule has 1 aromatic heterocycles. The van der Waals surface area contributed by atoms with Gasteiger partial charge in [0.15, 0.2) is 0 Å². The quantitative estimate of drug-likeness (QED) is 0.656. The molecule has 0 aliphatic rings. The summed E-state index contributed by atoms with van der Waals surface area (Å²) in [5, 5.41) is 0.902. The van der Waals surface area contributed by atoms with Crippen LogP contribution in [-0.4, -0.2) is 19.2 Å². The van der Waals surface area contributed by atoms with Crippen LogP contribution in [0.2, 0.25) is 0 Å². The molecule has 3 rings (SSSR count). The summed E-state index contributed by atoms with van der Waals surface area (Å²) in [6, 6.07) is 17.1. The molecule has 1 heterocycles. The summed E-state index contributed by atoms with van der Waals surface area (Å²) < 4.78 is 27.1. The molecule has 3 aromatic rings. The van der Waals surface area contributed by atoms with Crippen LogP contribution in [0.15, 0.2) is 59.4 Å². The highest BCUT2D eigenvalue weighted by molar-refractivity contribution is 7.89. The Balaban J connectivity index is 1.73. The molecule has 6 heteroatoms. The number of benzene rings is 2. The van der Waals surface area contributed by atoms with Crippen LogP contribution in [-0.2, 0) is 23.0 Å². The first-order valence-corrected chi connectivity index (χ1v) is 10.7. The minimum Gasteiger partial charge on any atom is -0.322 e. The van der Waals surface area contributed by atoms with E-state index >= 15 is 0 Å². The van der Waals surface area contributed by atoms with E-state index in [4.69, 9.17) is 0 Å². The molecule has 2 N–H and O–H groups in total. The highest BCUT2D eigenvalue weighted by atomic mass is 32.2. The largest absolute Gasteiger partial charge is 0.322 e. The average molecular weight is 385 g/mol. The number of pyridine rings is 1. The van der Waals surface area contributed by atoms with Crippen LogP contribution in [0.5, 0.6) is 0 Å². The van der Waals surface area contributed by atoms with Crippen molar-refractivity contribution in [1.82, 2.24) is 9.71 Å². The number of H-pyrrole nitrogens is 1. The van der Waals surface area contributed by atoms with Gasteiger partial charge in [-0.3, -0.25) is 4.79 Å². The van der Waals surface area contributed by atoms with E-state index in [1.165, 1.54) is 5.56 Å². The number of fused-ring (bicyclic) bond motifs is 1.